The van der Waals surface area contributed by atoms with E-state index in [2.05, 4.69) is 10.2 Å². The fourth-order valence-corrected chi connectivity index (χ4v) is 1.27. The average Bonchev–Trinajstić information content (AvgIpc) is 2.34. The van der Waals surface area contributed by atoms with Crippen LogP contribution in [0.25, 0.3) is 0 Å². The number of carbonyl (C=O) groups is 1. The number of hydrogen-bond acceptors (Lipinski definition) is 4. The molecule has 1 aromatic carbocycles. The number of ether oxygens (including phenoxy) is 1. The van der Waals surface area contributed by atoms with Crippen LogP contribution >= 0.6 is 11.6 Å². The summed E-state index contributed by atoms with van der Waals surface area (Å²) >= 11 is 5.52. The van der Waals surface area contributed by atoms with Gasteiger partial charge in [-0.3, -0.25) is 0 Å². The zero-order valence-electron chi connectivity index (χ0n) is 8.80. The van der Waals surface area contributed by atoms with Crippen molar-refractivity contribution in [2.75, 3.05) is 0 Å². The van der Waals surface area contributed by atoms with E-state index < -0.39 is 11.8 Å². The Bertz CT molecular complexity index is 589. The fraction of sp³-hybridized carbons (Fsp3) is 0. The average molecular weight is 269 g/mol. The number of rotatable bonds is 3. The van der Waals surface area contributed by atoms with Crippen molar-refractivity contribution in [2.45, 2.75) is 0 Å². The Morgan fingerprint density at radius 2 is 2.06 bits per heavy atom. The van der Waals surface area contributed by atoms with Crippen molar-refractivity contribution in [3.63, 3.8) is 0 Å². The zero-order valence-corrected chi connectivity index (χ0v) is 9.56. The Balaban J connectivity index is 2.18. The maximum absolute atomic E-state index is 13.1. The van der Waals surface area contributed by atoms with Crippen LogP contribution in [0.2, 0.25) is 5.02 Å². The van der Waals surface area contributed by atoms with E-state index >= 15 is 0 Å². The Kier molecular flexibility index (Phi) is 3.38. The lowest BCUT2D eigenvalue weighted by molar-refractivity contribution is 0.0689. The maximum Gasteiger partial charge on any atom is 0.356 e. The van der Waals surface area contributed by atoms with Gasteiger partial charge >= 0.3 is 5.97 Å². The molecule has 0 aliphatic carbocycles. The molecule has 7 heteroatoms. The Morgan fingerprint density at radius 3 is 2.61 bits per heavy atom. The highest BCUT2D eigenvalue weighted by atomic mass is 35.5. The van der Waals surface area contributed by atoms with Gasteiger partial charge in [-0.15, -0.1) is 10.2 Å². The van der Waals surface area contributed by atoms with Gasteiger partial charge in [-0.2, -0.15) is 0 Å². The number of aromatic nitrogens is 2. The SMILES string of the molecule is O=C(O)c1ccc(Oc2ccc(Cl)c(F)c2)nn1. The minimum Gasteiger partial charge on any atom is -0.476 e. The van der Waals surface area contributed by atoms with Crippen molar-refractivity contribution < 1.29 is 19.0 Å². The number of hydrogen-bond donors (Lipinski definition) is 1. The van der Waals surface area contributed by atoms with Crippen LogP contribution in [0, 0.1) is 5.82 Å². The third-order valence-corrected chi connectivity index (χ3v) is 2.28. The van der Waals surface area contributed by atoms with Crippen molar-refractivity contribution in [3.8, 4) is 11.6 Å². The summed E-state index contributed by atoms with van der Waals surface area (Å²) in [4.78, 5) is 10.5. The molecule has 1 heterocycles. The summed E-state index contributed by atoms with van der Waals surface area (Å²) in [7, 11) is 0. The largest absolute Gasteiger partial charge is 0.476 e. The summed E-state index contributed by atoms with van der Waals surface area (Å²) in [6, 6.07) is 6.44. The van der Waals surface area contributed by atoms with Crippen molar-refractivity contribution in [3.05, 3.63) is 46.9 Å². The van der Waals surface area contributed by atoms with Crippen LogP contribution in [0.5, 0.6) is 11.6 Å². The number of carboxylic acid groups (broad SMARTS) is 1. The number of nitrogens with zero attached hydrogens (tertiary/aromatic N) is 2. The van der Waals surface area contributed by atoms with Crippen LogP contribution in [-0.4, -0.2) is 21.3 Å². The highest BCUT2D eigenvalue weighted by molar-refractivity contribution is 6.30. The molecule has 1 N–H and O–H groups in total. The predicted molar refractivity (Wildman–Crippen MR) is 60.5 cm³/mol. The first kappa shape index (κ1) is 12.3. The number of halogens is 2. The second kappa shape index (κ2) is 4.97. The second-order valence-corrected chi connectivity index (χ2v) is 3.65. The number of carboxylic acids is 1. The predicted octanol–water partition coefficient (Wildman–Crippen LogP) is 2.76. The third kappa shape index (κ3) is 2.72. The topological polar surface area (TPSA) is 72.3 Å². The highest BCUT2D eigenvalue weighted by Gasteiger charge is 2.07. The highest BCUT2D eigenvalue weighted by Crippen LogP contribution is 2.23. The standard InChI is InChI=1S/C11H6ClFN2O3/c12-7-2-1-6(5-8(7)13)18-10-4-3-9(11(16)17)14-15-10/h1-5H,(H,16,17). The van der Waals surface area contributed by atoms with Gasteiger partial charge in [-0.05, 0) is 18.2 Å². The fourth-order valence-electron chi connectivity index (χ4n) is 1.15. The molecule has 0 aliphatic rings. The maximum atomic E-state index is 13.1. The Labute approximate surface area is 106 Å². The van der Waals surface area contributed by atoms with E-state index in [0.717, 1.165) is 6.07 Å². The molecule has 0 radical (unpaired) electrons. The summed E-state index contributed by atoms with van der Waals surface area (Å²) < 4.78 is 18.3. The molecule has 0 unspecified atom stereocenters. The molecule has 0 bridgehead atoms. The van der Waals surface area contributed by atoms with E-state index in [1.165, 1.54) is 24.3 Å². The van der Waals surface area contributed by atoms with Crippen LogP contribution in [0.15, 0.2) is 30.3 Å². The lowest BCUT2D eigenvalue weighted by Gasteiger charge is -2.04. The van der Waals surface area contributed by atoms with Gasteiger partial charge in [0.25, 0.3) is 0 Å². The van der Waals surface area contributed by atoms with Crippen molar-refractivity contribution in [1.82, 2.24) is 10.2 Å². The molecule has 92 valence electrons. The van der Waals surface area contributed by atoms with Gasteiger partial charge in [0.1, 0.15) is 11.6 Å². The first-order chi connectivity index (χ1) is 8.56. The van der Waals surface area contributed by atoms with Crippen LogP contribution in [0.1, 0.15) is 10.5 Å². The summed E-state index contributed by atoms with van der Waals surface area (Å²) in [6.45, 7) is 0. The molecule has 0 amide bonds. The monoisotopic (exact) mass is 268 g/mol. The minimum atomic E-state index is -1.19. The molecule has 0 saturated carbocycles. The van der Waals surface area contributed by atoms with Crippen LogP contribution < -0.4 is 4.74 Å². The first-order valence-corrected chi connectivity index (χ1v) is 5.14. The Morgan fingerprint density at radius 1 is 1.28 bits per heavy atom. The second-order valence-electron chi connectivity index (χ2n) is 3.24. The van der Waals surface area contributed by atoms with Crippen molar-refractivity contribution in [1.29, 1.82) is 0 Å². The van der Waals surface area contributed by atoms with Crippen LogP contribution in [0.4, 0.5) is 4.39 Å². The van der Waals surface area contributed by atoms with E-state index in [1.807, 2.05) is 0 Å². The lowest BCUT2D eigenvalue weighted by atomic mass is 10.3. The van der Waals surface area contributed by atoms with E-state index in [-0.39, 0.29) is 22.3 Å². The molecule has 0 aliphatic heterocycles. The van der Waals surface area contributed by atoms with E-state index in [0.29, 0.717) is 0 Å². The quantitative estimate of drug-likeness (QED) is 0.927. The normalized spacial score (nSPS) is 10.1. The minimum absolute atomic E-state index is 0.0188. The van der Waals surface area contributed by atoms with Crippen molar-refractivity contribution >= 4 is 17.6 Å². The van der Waals surface area contributed by atoms with Gasteiger partial charge in [0.15, 0.2) is 5.69 Å². The van der Waals surface area contributed by atoms with E-state index in [9.17, 15) is 9.18 Å². The summed E-state index contributed by atoms with van der Waals surface area (Å²) in [5, 5.41) is 15.6. The summed E-state index contributed by atoms with van der Waals surface area (Å²) in [5.74, 6) is -1.56. The molecule has 0 saturated heterocycles. The summed E-state index contributed by atoms with van der Waals surface area (Å²) in [6.07, 6.45) is 0. The van der Waals surface area contributed by atoms with Crippen LogP contribution in [-0.2, 0) is 0 Å². The van der Waals surface area contributed by atoms with Gasteiger partial charge in [-0.1, -0.05) is 11.6 Å². The van der Waals surface area contributed by atoms with Crippen LogP contribution in [0.3, 0.4) is 0 Å². The number of benzene rings is 1. The van der Waals surface area contributed by atoms with Gasteiger partial charge in [0.05, 0.1) is 5.02 Å². The smallest absolute Gasteiger partial charge is 0.356 e. The molecule has 0 fully saturated rings. The van der Waals surface area contributed by atoms with Gasteiger partial charge in [-0.25, -0.2) is 9.18 Å². The molecule has 0 atom stereocenters. The third-order valence-electron chi connectivity index (χ3n) is 1.97. The molecule has 1 aromatic heterocycles. The number of aromatic carboxylic acids is 1. The molecule has 2 rings (SSSR count). The van der Waals surface area contributed by atoms with E-state index in [1.54, 1.807) is 0 Å². The first-order valence-electron chi connectivity index (χ1n) is 4.76. The molecule has 0 spiro atoms. The molecule has 18 heavy (non-hydrogen) atoms. The lowest BCUT2D eigenvalue weighted by Crippen LogP contribution is -2.02. The molecule has 2 aromatic rings. The van der Waals surface area contributed by atoms with Gasteiger partial charge in [0, 0.05) is 12.1 Å². The van der Waals surface area contributed by atoms with Crippen molar-refractivity contribution in [2.24, 2.45) is 0 Å². The molecular formula is C11H6ClFN2O3. The molecular weight excluding hydrogens is 263 g/mol. The van der Waals surface area contributed by atoms with E-state index in [4.69, 9.17) is 21.4 Å². The van der Waals surface area contributed by atoms with Gasteiger partial charge < -0.3 is 9.84 Å². The van der Waals surface area contributed by atoms with Gasteiger partial charge in [0.2, 0.25) is 5.88 Å². The Hall–Kier alpha value is -2.21. The zero-order chi connectivity index (χ0) is 13.1. The summed E-state index contributed by atoms with van der Waals surface area (Å²) in [5.41, 5.74) is -0.204. The molecule has 5 nitrogen and oxygen atoms in total.